The molecule has 1 aromatic heterocycles. The summed E-state index contributed by atoms with van der Waals surface area (Å²) in [5.41, 5.74) is 1.44. The minimum atomic E-state index is 0. The van der Waals surface area contributed by atoms with Crippen molar-refractivity contribution < 1.29 is 0 Å². The maximum atomic E-state index is 4.53. The molecule has 0 aliphatic heterocycles. The minimum absolute atomic E-state index is 0. The van der Waals surface area contributed by atoms with Gasteiger partial charge in [-0.15, -0.1) is 35.3 Å². The number of nitrogens with zero attached hydrogens (tertiary/aromatic N) is 3. The van der Waals surface area contributed by atoms with E-state index in [4.69, 9.17) is 0 Å². The van der Waals surface area contributed by atoms with E-state index in [0.717, 1.165) is 35.7 Å². The molecular formula is C17H31IN4S. The molecule has 1 saturated carbocycles. The van der Waals surface area contributed by atoms with E-state index in [9.17, 15) is 0 Å². The number of hydrogen-bond acceptors (Lipinski definition) is 3. The van der Waals surface area contributed by atoms with Crippen LogP contribution in [0.5, 0.6) is 0 Å². The van der Waals surface area contributed by atoms with Gasteiger partial charge in [-0.05, 0) is 31.1 Å². The van der Waals surface area contributed by atoms with Crippen molar-refractivity contribution in [2.45, 2.75) is 53.0 Å². The molecule has 23 heavy (non-hydrogen) atoms. The van der Waals surface area contributed by atoms with Crippen molar-refractivity contribution in [2.24, 2.45) is 16.3 Å². The monoisotopic (exact) mass is 450 g/mol. The predicted octanol–water partition coefficient (Wildman–Crippen LogP) is 4.29. The van der Waals surface area contributed by atoms with Crippen LogP contribution in [0.1, 0.15) is 50.2 Å². The zero-order valence-corrected chi connectivity index (χ0v) is 18.2. The lowest BCUT2D eigenvalue weighted by Gasteiger charge is -2.33. The fraction of sp³-hybridized carbons (Fsp3) is 0.765. The SMILES string of the molecule is CN=C(NCC(C)(C)C1CCCC1)N(C)Cc1csc(C)n1.I. The number of hydrogen-bond donors (Lipinski definition) is 1. The molecule has 4 nitrogen and oxygen atoms in total. The van der Waals surface area contributed by atoms with E-state index in [-0.39, 0.29) is 24.0 Å². The first-order valence-electron chi connectivity index (χ1n) is 8.25. The fourth-order valence-corrected chi connectivity index (χ4v) is 3.95. The molecule has 1 fully saturated rings. The Morgan fingerprint density at radius 1 is 1.43 bits per heavy atom. The van der Waals surface area contributed by atoms with Crippen LogP contribution in [-0.4, -0.2) is 36.5 Å². The maximum Gasteiger partial charge on any atom is 0.193 e. The number of thiazole rings is 1. The van der Waals surface area contributed by atoms with Gasteiger partial charge in [0.05, 0.1) is 17.2 Å². The van der Waals surface area contributed by atoms with Crippen LogP contribution in [0.3, 0.4) is 0 Å². The normalized spacial score (nSPS) is 16.3. The molecule has 1 aromatic rings. The van der Waals surface area contributed by atoms with Crippen LogP contribution in [0.15, 0.2) is 10.4 Å². The van der Waals surface area contributed by atoms with Crippen molar-refractivity contribution in [1.29, 1.82) is 0 Å². The summed E-state index contributed by atoms with van der Waals surface area (Å²) in [5.74, 6) is 1.79. The second-order valence-corrected chi connectivity index (χ2v) is 8.15. The van der Waals surface area contributed by atoms with Crippen molar-refractivity contribution >= 4 is 41.3 Å². The van der Waals surface area contributed by atoms with Gasteiger partial charge in [-0.25, -0.2) is 4.98 Å². The second kappa shape index (κ2) is 9.20. The summed E-state index contributed by atoms with van der Waals surface area (Å²) in [4.78, 5) is 11.1. The second-order valence-electron chi connectivity index (χ2n) is 7.08. The standard InChI is InChI=1S/C17H30N4S.HI/c1-13-20-15(11-22-13)10-21(5)16(18-4)19-12-17(2,3)14-8-6-7-9-14;/h11,14H,6-10,12H2,1-5H3,(H,18,19);1H. The molecule has 1 heterocycles. The van der Waals surface area contributed by atoms with E-state index in [1.807, 2.05) is 14.0 Å². The largest absolute Gasteiger partial charge is 0.356 e. The molecule has 0 saturated heterocycles. The Bertz CT molecular complexity index is 506. The van der Waals surface area contributed by atoms with Gasteiger partial charge in [0.1, 0.15) is 0 Å². The number of rotatable bonds is 5. The smallest absolute Gasteiger partial charge is 0.193 e. The van der Waals surface area contributed by atoms with Crippen LogP contribution in [0.25, 0.3) is 0 Å². The van der Waals surface area contributed by atoms with E-state index >= 15 is 0 Å². The predicted molar refractivity (Wildman–Crippen MR) is 111 cm³/mol. The summed E-state index contributed by atoms with van der Waals surface area (Å²) in [6, 6.07) is 0. The highest BCUT2D eigenvalue weighted by atomic mass is 127. The number of aromatic nitrogens is 1. The van der Waals surface area contributed by atoms with Gasteiger partial charge in [-0.3, -0.25) is 4.99 Å². The molecule has 2 rings (SSSR count). The first kappa shape index (κ1) is 20.7. The Balaban J connectivity index is 0.00000264. The third kappa shape index (κ3) is 5.89. The van der Waals surface area contributed by atoms with Crippen molar-refractivity contribution in [3.05, 3.63) is 16.1 Å². The Labute approximate surface area is 162 Å². The first-order valence-corrected chi connectivity index (χ1v) is 9.13. The molecule has 0 aromatic carbocycles. The lowest BCUT2D eigenvalue weighted by atomic mass is 9.78. The number of nitrogens with one attached hydrogen (secondary N) is 1. The van der Waals surface area contributed by atoms with Gasteiger partial charge in [0, 0.05) is 26.0 Å². The van der Waals surface area contributed by atoms with Gasteiger partial charge < -0.3 is 10.2 Å². The molecule has 6 heteroatoms. The molecule has 0 spiro atoms. The third-order valence-corrected chi connectivity index (χ3v) is 5.62. The Kier molecular flexibility index (Phi) is 8.27. The highest BCUT2D eigenvalue weighted by Gasteiger charge is 2.31. The Hall–Kier alpha value is -0.370. The van der Waals surface area contributed by atoms with Gasteiger partial charge >= 0.3 is 0 Å². The lowest BCUT2D eigenvalue weighted by Crippen LogP contribution is -2.44. The molecule has 0 atom stereocenters. The highest BCUT2D eigenvalue weighted by Crippen LogP contribution is 2.39. The maximum absolute atomic E-state index is 4.53. The number of aryl methyl sites for hydroxylation is 1. The van der Waals surface area contributed by atoms with Crippen molar-refractivity contribution in [2.75, 3.05) is 20.6 Å². The molecule has 1 aliphatic carbocycles. The van der Waals surface area contributed by atoms with Crippen molar-refractivity contribution in [1.82, 2.24) is 15.2 Å². The van der Waals surface area contributed by atoms with E-state index in [0.29, 0.717) is 5.41 Å². The molecule has 0 unspecified atom stereocenters. The highest BCUT2D eigenvalue weighted by molar-refractivity contribution is 14.0. The van der Waals surface area contributed by atoms with Crippen molar-refractivity contribution in [3.8, 4) is 0 Å². The van der Waals surface area contributed by atoms with Gasteiger partial charge in [0.15, 0.2) is 5.96 Å². The molecule has 0 amide bonds. The van der Waals surface area contributed by atoms with E-state index in [1.165, 1.54) is 25.7 Å². The molecule has 1 N–H and O–H groups in total. The van der Waals surface area contributed by atoms with Crippen molar-refractivity contribution in [3.63, 3.8) is 0 Å². The molecule has 1 aliphatic rings. The quantitative estimate of drug-likeness (QED) is 0.413. The zero-order valence-electron chi connectivity index (χ0n) is 15.1. The van der Waals surface area contributed by atoms with Crippen LogP contribution in [0.4, 0.5) is 0 Å². The van der Waals surface area contributed by atoms with E-state index in [2.05, 4.69) is 46.5 Å². The summed E-state index contributed by atoms with van der Waals surface area (Å²) in [6.45, 7) is 8.59. The number of halogens is 1. The Morgan fingerprint density at radius 2 is 2.09 bits per heavy atom. The van der Waals surface area contributed by atoms with Crippen LogP contribution < -0.4 is 5.32 Å². The van der Waals surface area contributed by atoms with Gasteiger partial charge in [-0.1, -0.05) is 26.7 Å². The third-order valence-electron chi connectivity index (χ3n) is 4.80. The summed E-state index contributed by atoms with van der Waals surface area (Å²) >= 11 is 1.70. The molecule has 0 bridgehead atoms. The number of guanidine groups is 1. The van der Waals surface area contributed by atoms with Gasteiger partial charge in [0.25, 0.3) is 0 Å². The average molecular weight is 450 g/mol. The molecular weight excluding hydrogens is 419 g/mol. The Morgan fingerprint density at radius 3 is 2.61 bits per heavy atom. The average Bonchev–Trinajstić information content (AvgIpc) is 3.11. The fourth-order valence-electron chi connectivity index (χ4n) is 3.34. The topological polar surface area (TPSA) is 40.5 Å². The van der Waals surface area contributed by atoms with Gasteiger partial charge in [-0.2, -0.15) is 0 Å². The van der Waals surface area contributed by atoms with Gasteiger partial charge in [0.2, 0.25) is 0 Å². The summed E-state index contributed by atoms with van der Waals surface area (Å²) in [6.07, 6.45) is 5.54. The number of aliphatic imine (C=N–C) groups is 1. The molecule has 0 radical (unpaired) electrons. The van der Waals surface area contributed by atoms with Crippen LogP contribution in [-0.2, 0) is 6.54 Å². The summed E-state index contributed by atoms with van der Waals surface area (Å²) < 4.78 is 0. The van der Waals surface area contributed by atoms with E-state index in [1.54, 1.807) is 11.3 Å². The summed E-state index contributed by atoms with van der Waals surface area (Å²) in [7, 11) is 3.93. The first-order chi connectivity index (χ1) is 10.4. The minimum Gasteiger partial charge on any atom is -0.356 e. The molecule has 132 valence electrons. The van der Waals surface area contributed by atoms with Crippen LogP contribution in [0.2, 0.25) is 0 Å². The van der Waals surface area contributed by atoms with E-state index < -0.39 is 0 Å². The lowest BCUT2D eigenvalue weighted by molar-refractivity contribution is 0.216. The van der Waals surface area contributed by atoms with Crippen LogP contribution >= 0.6 is 35.3 Å². The summed E-state index contributed by atoms with van der Waals surface area (Å²) in [5, 5.41) is 6.81. The van der Waals surface area contributed by atoms with Crippen LogP contribution in [0, 0.1) is 18.3 Å². The zero-order chi connectivity index (χ0) is 16.2.